The van der Waals surface area contributed by atoms with Crippen LogP contribution in [0.25, 0.3) is 0 Å². The Labute approximate surface area is 95.4 Å². The Hall–Kier alpha value is -1.18. The predicted octanol–water partition coefficient (Wildman–Crippen LogP) is 2.30. The van der Waals surface area contributed by atoms with Crippen LogP contribution in [0, 0.1) is 23.7 Å². The summed E-state index contributed by atoms with van der Waals surface area (Å²) >= 11 is 0. The Bertz CT molecular complexity index is 402. The first kappa shape index (κ1) is 10.0. The first-order valence-corrected chi connectivity index (χ1v) is 6.05. The van der Waals surface area contributed by atoms with Crippen LogP contribution < -0.4 is 0 Å². The molecule has 4 unspecified atom stereocenters. The van der Waals surface area contributed by atoms with Gasteiger partial charge in [-0.25, -0.2) is 0 Å². The summed E-state index contributed by atoms with van der Waals surface area (Å²) in [6.45, 7) is 3.61. The topological polar surface area (TPSA) is 34.1 Å². The average Bonchev–Trinajstić information content (AvgIpc) is 2.34. The van der Waals surface area contributed by atoms with E-state index in [1.165, 1.54) is 0 Å². The van der Waals surface area contributed by atoms with Crippen LogP contribution in [0.4, 0.5) is 0 Å². The van der Waals surface area contributed by atoms with Gasteiger partial charge >= 0.3 is 0 Å². The lowest BCUT2D eigenvalue weighted by Gasteiger charge is -2.45. The van der Waals surface area contributed by atoms with Crippen molar-refractivity contribution in [3.63, 3.8) is 0 Å². The predicted molar refractivity (Wildman–Crippen MR) is 60.7 cm³/mol. The van der Waals surface area contributed by atoms with E-state index in [-0.39, 0.29) is 23.4 Å². The maximum atomic E-state index is 12.3. The molecule has 0 spiro atoms. The Kier molecular flexibility index (Phi) is 1.97. The molecule has 1 fully saturated rings. The number of carbonyl (C=O) groups excluding carboxylic acids is 2. The number of ketones is 2. The molecule has 0 heterocycles. The van der Waals surface area contributed by atoms with E-state index in [4.69, 9.17) is 0 Å². The van der Waals surface area contributed by atoms with Gasteiger partial charge in [-0.15, -0.1) is 0 Å². The maximum absolute atomic E-state index is 12.3. The van der Waals surface area contributed by atoms with Gasteiger partial charge in [0.1, 0.15) is 0 Å². The Morgan fingerprint density at radius 3 is 1.56 bits per heavy atom. The molecule has 4 atom stereocenters. The van der Waals surface area contributed by atoms with Crippen molar-refractivity contribution in [2.24, 2.45) is 23.7 Å². The summed E-state index contributed by atoms with van der Waals surface area (Å²) in [7, 11) is 0. The van der Waals surface area contributed by atoms with Crippen molar-refractivity contribution in [3.05, 3.63) is 23.3 Å². The second-order valence-corrected chi connectivity index (χ2v) is 5.32. The molecule has 0 aromatic rings. The molecule has 2 heteroatoms. The molecule has 16 heavy (non-hydrogen) atoms. The molecule has 0 aromatic carbocycles. The van der Waals surface area contributed by atoms with Gasteiger partial charge in [0, 0.05) is 11.8 Å². The van der Waals surface area contributed by atoms with E-state index < -0.39 is 0 Å². The van der Waals surface area contributed by atoms with Crippen molar-refractivity contribution in [1.82, 2.24) is 0 Å². The Balaban J connectivity index is 2.13. The van der Waals surface area contributed by atoms with Crippen LogP contribution >= 0.6 is 0 Å². The van der Waals surface area contributed by atoms with Gasteiger partial charge < -0.3 is 0 Å². The quantitative estimate of drug-likeness (QED) is 0.582. The van der Waals surface area contributed by atoms with Crippen LogP contribution in [-0.2, 0) is 9.59 Å². The van der Waals surface area contributed by atoms with E-state index >= 15 is 0 Å². The molecule has 4 rings (SSSR count). The van der Waals surface area contributed by atoms with Gasteiger partial charge in [-0.3, -0.25) is 9.59 Å². The number of rotatable bonds is 0. The van der Waals surface area contributed by atoms with Crippen molar-refractivity contribution in [3.8, 4) is 0 Å². The summed E-state index contributed by atoms with van der Waals surface area (Å²) in [4.78, 5) is 24.5. The summed E-state index contributed by atoms with van der Waals surface area (Å²) < 4.78 is 0. The number of fused-ring (bicyclic) bond motifs is 1. The standard InChI is InChI=1S/C14H16O2/c1-7-8(2)14(16)12-10-5-3-9(4-6-10)11(12)13(7)15/h3,5,9-12H,4,6H2,1-2H3. The second-order valence-electron chi connectivity index (χ2n) is 5.32. The summed E-state index contributed by atoms with van der Waals surface area (Å²) in [5.74, 6) is 0.992. The summed E-state index contributed by atoms with van der Waals surface area (Å²) in [6.07, 6.45) is 6.48. The normalized spacial score (nSPS) is 41.6. The maximum Gasteiger partial charge on any atom is 0.163 e. The van der Waals surface area contributed by atoms with E-state index in [0.29, 0.717) is 23.0 Å². The van der Waals surface area contributed by atoms with E-state index in [1.54, 1.807) is 13.8 Å². The largest absolute Gasteiger partial charge is 0.294 e. The highest BCUT2D eigenvalue weighted by molar-refractivity contribution is 6.13. The minimum atomic E-state index is -0.0417. The number of carbonyl (C=O) groups is 2. The fraction of sp³-hybridized carbons (Fsp3) is 0.571. The van der Waals surface area contributed by atoms with Crippen molar-refractivity contribution in [2.45, 2.75) is 26.7 Å². The lowest BCUT2D eigenvalue weighted by atomic mass is 9.56. The molecule has 0 aliphatic heterocycles. The van der Waals surface area contributed by atoms with Crippen molar-refractivity contribution in [2.75, 3.05) is 0 Å². The molecule has 0 amide bonds. The van der Waals surface area contributed by atoms with Gasteiger partial charge in [0.05, 0.1) is 0 Å². The zero-order valence-electron chi connectivity index (χ0n) is 9.69. The molecule has 0 aromatic heterocycles. The van der Waals surface area contributed by atoms with Crippen LogP contribution in [-0.4, -0.2) is 11.6 Å². The lowest BCUT2D eigenvalue weighted by molar-refractivity contribution is -0.136. The van der Waals surface area contributed by atoms with E-state index in [1.807, 2.05) is 0 Å². The average molecular weight is 216 g/mol. The molecule has 84 valence electrons. The number of Topliss-reactive ketones (excluding diaryl/α,β-unsaturated/α-hetero) is 2. The highest BCUT2D eigenvalue weighted by Gasteiger charge is 2.50. The molecule has 1 saturated carbocycles. The number of allylic oxidation sites excluding steroid dienone is 4. The molecule has 0 saturated heterocycles. The number of hydrogen-bond donors (Lipinski definition) is 0. The third kappa shape index (κ3) is 1.07. The fourth-order valence-electron chi connectivity index (χ4n) is 3.58. The highest BCUT2D eigenvalue weighted by atomic mass is 16.1. The molecular weight excluding hydrogens is 200 g/mol. The van der Waals surface area contributed by atoms with E-state index in [2.05, 4.69) is 12.2 Å². The number of hydrogen-bond acceptors (Lipinski definition) is 2. The van der Waals surface area contributed by atoms with E-state index in [9.17, 15) is 9.59 Å². The Morgan fingerprint density at radius 2 is 1.25 bits per heavy atom. The van der Waals surface area contributed by atoms with Crippen molar-refractivity contribution >= 4 is 11.6 Å². The zero-order chi connectivity index (χ0) is 11.4. The molecule has 0 N–H and O–H groups in total. The smallest absolute Gasteiger partial charge is 0.163 e. The molecule has 4 aliphatic rings. The van der Waals surface area contributed by atoms with Gasteiger partial charge in [0.25, 0.3) is 0 Å². The zero-order valence-corrected chi connectivity index (χ0v) is 9.69. The SMILES string of the molecule is CC1=C(C)C(=O)C2C3C=CC(CC3)C2C1=O. The van der Waals surface area contributed by atoms with Crippen LogP contribution in [0.2, 0.25) is 0 Å². The van der Waals surface area contributed by atoms with Crippen molar-refractivity contribution in [1.29, 1.82) is 0 Å². The van der Waals surface area contributed by atoms with E-state index in [0.717, 1.165) is 12.8 Å². The van der Waals surface area contributed by atoms with Crippen LogP contribution in [0.3, 0.4) is 0 Å². The first-order chi connectivity index (χ1) is 7.61. The molecule has 2 nitrogen and oxygen atoms in total. The minimum absolute atomic E-state index is 0.0417. The third-order valence-electron chi connectivity index (χ3n) is 4.66. The molecule has 4 aliphatic carbocycles. The fourth-order valence-corrected chi connectivity index (χ4v) is 3.58. The molecular formula is C14H16O2. The second kappa shape index (κ2) is 3.16. The Morgan fingerprint density at radius 1 is 0.875 bits per heavy atom. The van der Waals surface area contributed by atoms with Crippen LogP contribution in [0.15, 0.2) is 23.3 Å². The highest BCUT2D eigenvalue weighted by Crippen LogP contribution is 2.49. The van der Waals surface area contributed by atoms with Gasteiger partial charge in [-0.2, -0.15) is 0 Å². The molecule has 2 bridgehead atoms. The monoisotopic (exact) mass is 216 g/mol. The van der Waals surface area contributed by atoms with Gasteiger partial charge in [0.15, 0.2) is 11.6 Å². The summed E-state index contributed by atoms with van der Waals surface area (Å²) in [6, 6.07) is 0. The van der Waals surface area contributed by atoms with Crippen LogP contribution in [0.1, 0.15) is 26.7 Å². The first-order valence-electron chi connectivity index (χ1n) is 6.05. The lowest BCUT2D eigenvalue weighted by Crippen LogP contribution is -2.48. The summed E-state index contributed by atoms with van der Waals surface area (Å²) in [5, 5.41) is 0. The van der Waals surface area contributed by atoms with Crippen molar-refractivity contribution < 1.29 is 9.59 Å². The molecule has 0 radical (unpaired) electrons. The summed E-state index contributed by atoms with van der Waals surface area (Å²) in [5.41, 5.74) is 1.40. The van der Waals surface area contributed by atoms with Gasteiger partial charge in [-0.1, -0.05) is 12.2 Å². The van der Waals surface area contributed by atoms with Gasteiger partial charge in [0.2, 0.25) is 0 Å². The third-order valence-corrected chi connectivity index (χ3v) is 4.66. The van der Waals surface area contributed by atoms with Gasteiger partial charge in [-0.05, 0) is 49.7 Å². The minimum Gasteiger partial charge on any atom is -0.294 e. The van der Waals surface area contributed by atoms with Crippen LogP contribution in [0.5, 0.6) is 0 Å².